The molecule has 76 valence electrons. The van der Waals surface area contributed by atoms with Gasteiger partial charge in [-0.2, -0.15) is 0 Å². The van der Waals surface area contributed by atoms with Crippen LogP contribution < -0.4 is 0 Å². The van der Waals surface area contributed by atoms with Crippen molar-refractivity contribution in [3.8, 4) is 0 Å². The summed E-state index contributed by atoms with van der Waals surface area (Å²) >= 11 is 0. The number of nitrogens with zero attached hydrogens (tertiary/aromatic N) is 3. The molecule has 0 spiro atoms. The van der Waals surface area contributed by atoms with E-state index >= 15 is 0 Å². The number of aromatic nitrogens is 3. The second-order valence-corrected chi connectivity index (χ2v) is 3.15. The van der Waals surface area contributed by atoms with Crippen LogP contribution in [-0.4, -0.2) is 25.7 Å². The molecule has 5 heteroatoms. The van der Waals surface area contributed by atoms with E-state index in [1.54, 1.807) is 4.52 Å². The highest BCUT2D eigenvalue weighted by molar-refractivity contribution is 5.84. The fourth-order valence-electron chi connectivity index (χ4n) is 1.22. The van der Waals surface area contributed by atoms with Crippen LogP contribution in [0.5, 0.6) is 0 Å². The lowest BCUT2D eigenvalue weighted by atomic mass is 10.3. The summed E-state index contributed by atoms with van der Waals surface area (Å²) in [5, 5.41) is 12.5. The zero-order chi connectivity index (χ0) is 10.8. The largest absolute Gasteiger partial charge is 0.478 e. The predicted molar refractivity (Wildman–Crippen MR) is 54.4 cm³/mol. The number of pyridine rings is 1. The number of carbonyl (C=O) groups is 1. The first-order valence-electron chi connectivity index (χ1n) is 4.39. The number of hydrogen-bond donors (Lipinski definition) is 1. The highest BCUT2D eigenvalue weighted by atomic mass is 16.4. The SMILES string of the molecule is Cc1ccc2nc(/C=C/C(=O)O)nn2c1. The van der Waals surface area contributed by atoms with Crippen LogP contribution in [0.3, 0.4) is 0 Å². The Morgan fingerprint density at radius 1 is 1.53 bits per heavy atom. The first-order valence-corrected chi connectivity index (χ1v) is 4.39. The summed E-state index contributed by atoms with van der Waals surface area (Å²) < 4.78 is 1.62. The summed E-state index contributed by atoms with van der Waals surface area (Å²) in [7, 11) is 0. The third-order valence-corrected chi connectivity index (χ3v) is 1.87. The van der Waals surface area contributed by atoms with Crippen LogP contribution in [0.1, 0.15) is 11.4 Å². The number of fused-ring (bicyclic) bond motifs is 1. The van der Waals surface area contributed by atoms with E-state index in [0.717, 1.165) is 11.6 Å². The normalized spacial score (nSPS) is 11.3. The Balaban J connectivity index is 2.43. The van der Waals surface area contributed by atoms with Gasteiger partial charge in [0.15, 0.2) is 11.5 Å². The van der Waals surface area contributed by atoms with Crippen molar-refractivity contribution in [2.75, 3.05) is 0 Å². The quantitative estimate of drug-likeness (QED) is 0.743. The minimum atomic E-state index is -1.01. The van der Waals surface area contributed by atoms with Crippen molar-refractivity contribution in [3.05, 3.63) is 35.8 Å². The zero-order valence-electron chi connectivity index (χ0n) is 8.08. The van der Waals surface area contributed by atoms with Crippen LogP contribution in [0.2, 0.25) is 0 Å². The lowest BCUT2D eigenvalue weighted by Crippen LogP contribution is -1.88. The molecule has 2 aromatic rings. The maximum absolute atomic E-state index is 10.3. The molecular weight excluding hydrogens is 194 g/mol. The summed E-state index contributed by atoms with van der Waals surface area (Å²) in [6, 6.07) is 3.76. The molecule has 0 saturated carbocycles. The van der Waals surface area contributed by atoms with Crippen LogP contribution >= 0.6 is 0 Å². The molecule has 5 nitrogen and oxygen atoms in total. The molecule has 1 N–H and O–H groups in total. The first-order chi connectivity index (χ1) is 7.15. The van der Waals surface area contributed by atoms with E-state index in [0.29, 0.717) is 11.5 Å². The second kappa shape index (κ2) is 3.53. The van der Waals surface area contributed by atoms with Gasteiger partial charge in [-0.15, -0.1) is 5.10 Å². The molecule has 2 aromatic heterocycles. The van der Waals surface area contributed by atoms with Gasteiger partial charge in [-0.3, -0.25) is 0 Å². The van der Waals surface area contributed by atoms with Gasteiger partial charge in [-0.05, 0) is 24.6 Å². The molecule has 0 atom stereocenters. The van der Waals surface area contributed by atoms with Gasteiger partial charge in [-0.25, -0.2) is 14.3 Å². The molecule has 0 radical (unpaired) electrons. The van der Waals surface area contributed by atoms with Crippen molar-refractivity contribution >= 4 is 17.7 Å². The van der Waals surface area contributed by atoms with E-state index < -0.39 is 5.97 Å². The fourth-order valence-corrected chi connectivity index (χ4v) is 1.22. The van der Waals surface area contributed by atoms with Crippen molar-refractivity contribution in [2.45, 2.75) is 6.92 Å². The van der Waals surface area contributed by atoms with Crippen LogP contribution in [0.25, 0.3) is 11.7 Å². The van der Waals surface area contributed by atoms with Gasteiger partial charge in [0, 0.05) is 12.3 Å². The average molecular weight is 203 g/mol. The third kappa shape index (κ3) is 2.01. The number of carboxylic acid groups (broad SMARTS) is 1. The van der Waals surface area contributed by atoms with Gasteiger partial charge in [-0.1, -0.05) is 6.07 Å². The van der Waals surface area contributed by atoms with Crippen molar-refractivity contribution < 1.29 is 9.90 Å². The summed E-state index contributed by atoms with van der Waals surface area (Å²) in [5.41, 5.74) is 1.77. The number of rotatable bonds is 2. The van der Waals surface area contributed by atoms with Gasteiger partial charge in [0.1, 0.15) is 0 Å². The molecule has 0 unspecified atom stereocenters. The number of aryl methyl sites for hydroxylation is 1. The van der Waals surface area contributed by atoms with E-state index in [4.69, 9.17) is 5.11 Å². The standard InChI is InChI=1S/C10H9N3O2/c1-7-2-4-9-11-8(3-5-10(14)15)12-13(9)6-7/h2-6H,1H3,(H,14,15)/b5-3+. The van der Waals surface area contributed by atoms with Crippen molar-refractivity contribution in [1.82, 2.24) is 14.6 Å². The smallest absolute Gasteiger partial charge is 0.328 e. The Kier molecular flexibility index (Phi) is 2.21. The molecule has 2 heterocycles. The molecule has 2 rings (SSSR count). The Hall–Kier alpha value is -2.17. The van der Waals surface area contributed by atoms with Crippen LogP contribution in [0.15, 0.2) is 24.4 Å². The van der Waals surface area contributed by atoms with E-state index in [9.17, 15) is 4.79 Å². The number of hydrogen-bond acceptors (Lipinski definition) is 3. The number of carboxylic acids is 1. The third-order valence-electron chi connectivity index (χ3n) is 1.87. The highest BCUT2D eigenvalue weighted by Gasteiger charge is 2.00. The minimum absolute atomic E-state index is 0.392. The van der Waals surface area contributed by atoms with E-state index in [-0.39, 0.29) is 0 Å². The van der Waals surface area contributed by atoms with Crippen LogP contribution in [0, 0.1) is 6.92 Å². The van der Waals surface area contributed by atoms with Crippen LogP contribution in [-0.2, 0) is 4.79 Å². The Labute approximate surface area is 85.7 Å². The van der Waals surface area contributed by atoms with E-state index in [1.807, 2.05) is 25.3 Å². The van der Waals surface area contributed by atoms with Gasteiger partial charge in [0.25, 0.3) is 0 Å². The molecule has 15 heavy (non-hydrogen) atoms. The lowest BCUT2D eigenvalue weighted by Gasteiger charge is -1.91. The Bertz CT molecular complexity index is 543. The molecule has 0 aliphatic heterocycles. The molecule has 0 aliphatic carbocycles. The maximum atomic E-state index is 10.3. The Morgan fingerprint density at radius 2 is 2.33 bits per heavy atom. The fraction of sp³-hybridized carbons (Fsp3) is 0.100. The molecular formula is C10H9N3O2. The summed E-state index contributed by atoms with van der Waals surface area (Å²) in [5.74, 6) is -0.618. The van der Waals surface area contributed by atoms with Crippen molar-refractivity contribution in [2.24, 2.45) is 0 Å². The van der Waals surface area contributed by atoms with E-state index in [2.05, 4.69) is 10.1 Å². The predicted octanol–water partition coefficient (Wildman–Crippen LogP) is 1.14. The molecule has 0 saturated heterocycles. The monoisotopic (exact) mass is 203 g/mol. The van der Waals surface area contributed by atoms with Gasteiger partial charge in [0.2, 0.25) is 0 Å². The first kappa shape index (κ1) is 9.39. The number of aliphatic carboxylic acids is 1. The topological polar surface area (TPSA) is 67.5 Å². The van der Waals surface area contributed by atoms with Gasteiger partial charge in [0.05, 0.1) is 0 Å². The van der Waals surface area contributed by atoms with Gasteiger partial charge < -0.3 is 5.11 Å². The van der Waals surface area contributed by atoms with Crippen LogP contribution in [0.4, 0.5) is 0 Å². The van der Waals surface area contributed by atoms with Gasteiger partial charge >= 0.3 is 5.97 Å². The van der Waals surface area contributed by atoms with Crippen molar-refractivity contribution in [3.63, 3.8) is 0 Å². The molecule has 0 aliphatic rings. The Morgan fingerprint density at radius 3 is 3.07 bits per heavy atom. The second-order valence-electron chi connectivity index (χ2n) is 3.15. The molecule has 0 fully saturated rings. The highest BCUT2D eigenvalue weighted by Crippen LogP contribution is 2.04. The zero-order valence-corrected chi connectivity index (χ0v) is 8.08. The summed E-state index contributed by atoms with van der Waals surface area (Å²) in [4.78, 5) is 14.4. The van der Waals surface area contributed by atoms with Crippen molar-refractivity contribution in [1.29, 1.82) is 0 Å². The molecule has 0 bridgehead atoms. The van der Waals surface area contributed by atoms with E-state index in [1.165, 1.54) is 6.08 Å². The summed E-state index contributed by atoms with van der Waals surface area (Å²) in [6.07, 6.45) is 4.22. The lowest BCUT2D eigenvalue weighted by molar-refractivity contribution is -0.131. The molecule has 0 aromatic carbocycles. The summed E-state index contributed by atoms with van der Waals surface area (Å²) in [6.45, 7) is 1.95. The maximum Gasteiger partial charge on any atom is 0.328 e. The molecule has 0 amide bonds. The minimum Gasteiger partial charge on any atom is -0.478 e. The average Bonchev–Trinajstić information content (AvgIpc) is 2.56.